The zero-order valence-corrected chi connectivity index (χ0v) is 15.3. The molecule has 0 saturated heterocycles. The van der Waals surface area contributed by atoms with Crippen molar-refractivity contribution in [2.24, 2.45) is 0 Å². The first-order valence-electron chi connectivity index (χ1n) is 8.27. The van der Waals surface area contributed by atoms with Crippen LogP contribution < -0.4 is 15.2 Å². The molecule has 4 nitrogen and oxygen atoms in total. The summed E-state index contributed by atoms with van der Waals surface area (Å²) in [7, 11) is 0. The minimum atomic E-state index is 0.599. The highest BCUT2D eigenvalue weighted by Crippen LogP contribution is 2.29. The molecule has 0 spiro atoms. The predicted molar refractivity (Wildman–Crippen MR) is 103 cm³/mol. The number of nitrogens with zero attached hydrogens (tertiary/aromatic N) is 1. The van der Waals surface area contributed by atoms with Crippen LogP contribution in [0.4, 0.5) is 5.13 Å². The van der Waals surface area contributed by atoms with E-state index in [1.807, 2.05) is 49.4 Å². The second kappa shape index (κ2) is 8.03. The van der Waals surface area contributed by atoms with E-state index in [0.29, 0.717) is 18.3 Å². The van der Waals surface area contributed by atoms with Crippen LogP contribution in [0.5, 0.6) is 11.5 Å². The third-order valence-electron chi connectivity index (χ3n) is 3.76. The van der Waals surface area contributed by atoms with Gasteiger partial charge in [0.15, 0.2) is 5.13 Å². The van der Waals surface area contributed by atoms with Crippen molar-refractivity contribution in [3.8, 4) is 22.8 Å². The van der Waals surface area contributed by atoms with Crippen molar-refractivity contribution < 1.29 is 9.47 Å². The second-order valence-corrected chi connectivity index (χ2v) is 7.08. The van der Waals surface area contributed by atoms with E-state index >= 15 is 0 Å². The van der Waals surface area contributed by atoms with E-state index in [4.69, 9.17) is 15.2 Å². The quantitative estimate of drug-likeness (QED) is 0.616. The standard InChI is InChI=1S/C20H22N2O2S/c1-14-5-3-6-18(13-14)24-12-4-11-23-17-9-7-16(8-10-17)19-15(2)25-20(21)22-19/h3,5-10,13H,4,11-12H2,1-2H3,(H2,21,22). The molecule has 130 valence electrons. The van der Waals surface area contributed by atoms with Crippen LogP contribution in [-0.4, -0.2) is 18.2 Å². The third kappa shape index (κ3) is 4.73. The summed E-state index contributed by atoms with van der Waals surface area (Å²) in [5.74, 6) is 1.75. The fourth-order valence-corrected chi connectivity index (χ4v) is 3.25. The zero-order chi connectivity index (χ0) is 17.6. The van der Waals surface area contributed by atoms with Gasteiger partial charge in [0, 0.05) is 16.9 Å². The Balaban J connectivity index is 1.45. The topological polar surface area (TPSA) is 57.4 Å². The van der Waals surface area contributed by atoms with E-state index in [1.165, 1.54) is 16.9 Å². The van der Waals surface area contributed by atoms with Crippen LogP contribution in [0.25, 0.3) is 11.3 Å². The molecule has 0 fully saturated rings. The van der Waals surface area contributed by atoms with Crippen molar-refractivity contribution in [2.75, 3.05) is 18.9 Å². The summed E-state index contributed by atoms with van der Waals surface area (Å²) in [6.45, 7) is 5.34. The van der Waals surface area contributed by atoms with Crippen LogP contribution in [0.15, 0.2) is 48.5 Å². The molecule has 5 heteroatoms. The van der Waals surface area contributed by atoms with Crippen LogP contribution in [-0.2, 0) is 0 Å². The van der Waals surface area contributed by atoms with Gasteiger partial charge in [-0.25, -0.2) is 4.98 Å². The first-order valence-corrected chi connectivity index (χ1v) is 9.09. The van der Waals surface area contributed by atoms with Crippen LogP contribution in [0.3, 0.4) is 0 Å². The first kappa shape index (κ1) is 17.3. The molecule has 2 N–H and O–H groups in total. The minimum absolute atomic E-state index is 0.599. The summed E-state index contributed by atoms with van der Waals surface area (Å²) in [6.07, 6.45) is 0.831. The molecule has 0 aliphatic rings. The summed E-state index contributed by atoms with van der Waals surface area (Å²) in [5.41, 5.74) is 8.96. The number of aromatic nitrogens is 1. The second-order valence-electron chi connectivity index (χ2n) is 5.85. The minimum Gasteiger partial charge on any atom is -0.493 e. The number of hydrogen-bond acceptors (Lipinski definition) is 5. The Hall–Kier alpha value is -2.53. The van der Waals surface area contributed by atoms with E-state index in [2.05, 4.69) is 18.0 Å². The maximum atomic E-state index is 5.77. The summed E-state index contributed by atoms with van der Waals surface area (Å²) in [4.78, 5) is 5.50. The Morgan fingerprint density at radius 2 is 1.68 bits per heavy atom. The molecule has 1 heterocycles. The summed E-state index contributed by atoms with van der Waals surface area (Å²) in [6, 6.07) is 16.0. The lowest BCUT2D eigenvalue weighted by Crippen LogP contribution is -2.05. The maximum Gasteiger partial charge on any atom is 0.180 e. The lowest BCUT2D eigenvalue weighted by Gasteiger charge is -2.09. The van der Waals surface area contributed by atoms with Gasteiger partial charge in [0.2, 0.25) is 0 Å². The van der Waals surface area contributed by atoms with Gasteiger partial charge in [-0.05, 0) is 55.8 Å². The number of hydrogen-bond donors (Lipinski definition) is 1. The molecule has 0 bridgehead atoms. The summed E-state index contributed by atoms with van der Waals surface area (Å²) in [5, 5.41) is 0.599. The van der Waals surface area contributed by atoms with Gasteiger partial charge in [0.05, 0.1) is 18.9 Å². The van der Waals surface area contributed by atoms with E-state index in [0.717, 1.165) is 34.1 Å². The molecular weight excluding hydrogens is 332 g/mol. The summed E-state index contributed by atoms with van der Waals surface area (Å²) >= 11 is 1.51. The highest BCUT2D eigenvalue weighted by Gasteiger charge is 2.08. The van der Waals surface area contributed by atoms with Gasteiger partial charge in [-0.2, -0.15) is 0 Å². The molecule has 3 rings (SSSR count). The number of thiazole rings is 1. The van der Waals surface area contributed by atoms with Crippen LogP contribution in [0.2, 0.25) is 0 Å². The normalized spacial score (nSPS) is 10.6. The number of nitrogens with two attached hydrogens (primary N) is 1. The fraction of sp³-hybridized carbons (Fsp3) is 0.250. The van der Waals surface area contributed by atoms with Gasteiger partial charge in [-0.15, -0.1) is 11.3 Å². The molecule has 3 aromatic rings. The molecule has 2 aromatic carbocycles. The Kier molecular flexibility index (Phi) is 5.56. The number of rotatable bonds is 7. The Bertz CT molecular complexity index is 828. The van der Waals surface area contributed by atoms with Crippen molar-refractivity contribution >= 4 is 16.5 Å². The average molecular weight is 354 g/mol. The Morgan fingerprint density at radius 3 is 2.32 bits per heavy atom. The van der Waals surface area contributed by atoms with E-state index in [-0.39, 0.29) is 0 Å². The molecule has 1 aromatic heterocycles. The molecule has 0 aliphatic carbocycles. The molecule has 0 unspecified atom stereocenters. The van der Waals surface area contributed by atoms with Crippen molar-refractivity contribution in [3.05, 3.63) is 59.0 Å². The molecule has 0 saturated carbocycles. The molecular formula is C20H22N2O2S. The smallest absolute Gasteiger partial charge is 0.180 e. The van der Waals surface area contributed by atoms with Crippen LogP contribution >= 0.6 is 11.3 Å². The largest absolute Gasteiger partial charge is 0.493 e. The van der Waals surface area contributed by atoms with Gasteiger partial charge in [0.25, 0.3) is 0 Å². The Labute approximate surface area is 152 Å². The number of benzene rings is 2. The van der Waals surface area contributed by atoms with Crippen LogP contribution in [0, 0.1) is 13.8 Å². The van der Waals surface area contributed by atoms with Gasteiger partial charge >= 0.3 is 0 Å². The number of aryl methyl sites for hydroxylation is 2. The maximum absolute atomic E-state index is 5.77. The number of nitrogen functional groups attached to an aromatic ring is 1. The molecule has 0 atom stereocenters. The number of anilines is 1. The van der Waals surface area contributed by atoms with E-state index in [1.54, 1.807) is 0 Å². The van der Waals surface area contributed by atoms with Crippen molar-refractivity contribution in [1.82, 2.24) is 4.98 Å². The van der Waals surface area contributed by atoms with Crippen LogP contribution in [0.1, 0.15) is 16.9 Å². The lowest BCUT2D eigenvalue weighted by molar-refractivity contribution is 0.247. The highest BCUT2D eigenvalue weighted by molar-refractivity contribution is 7.15. The zero-order valence-electron chi connectivity index (χ0n) is 14.5. The van der Waals surface area contributed by atoms with Gasteiger partial charge in [-0.1, -0.05) is 12.1 Å². The number of ether oxygens (including phenoxy) is 2. The van der Waals surface area contributed by atoms with Crippen molar-refractivity contribution in [1.29, 1.82) is 0 Å². The molecule has 25 heavy (non-hydrogen) atoms. The van der Waals surface area contributed by atoms with E-state index in [9.17, 15) is 0 Å². The SMILES string of the molecule is Cc1cccc(OCCCOc2ccc(-c3nc(N)sc3C)cc2)c1. The van der Waals surface area contributed by atoms with Crippen molar-refractivity contribution in [2.45, 2.75) is 20.3 Å². The summed E-state index contributed by atoms with van der Waals surface area (Å²) < 4.78 is 11.5. The Morgan fingerprint density at radius 1 is 0.960 bits per heavy atom. The average Bonchev–Trinajstić information content (AvgIpc) is 2.94. The molecule has 0 aliphatic heterocycles. The molecule has 0 amide bonds. The van der Waals surface area contributed by atoms with Gasteiger partial charge < -0.3 is 15.2 Å². The fourth-order valence-electron chi connectivity index (χ4n) is 2.54. The monoisotopic (exact) mass is 354 g/mol. The van der Waals surface area contributed by atoms with E-state index < -0.39 is 0 Å². The van der Waals surface area contributed by atoms with Gasteiger partial charge in [0.1, 0.15) is 11.5 Å². The molecule has 0 radical (unpaired) electrons. The van der Waals surface area contributed by atoms with Crippen molar-refractivity contribution in [3.63, 3.8) is 0 Å². The first-order chi connectivity index (χ1) is 12.1. The highest BCUT2D eigenvalue weighted by atomic mass is 32.1. The lowest BCUT2D eigenvalue weighted by atomic mass is 10.1. The third-order valence-corrected chi connectivity index (χ3v) is 4.56. The van der Waals surface area contributed by atoms with Gasteiger partial charge in [-0.3, -0.25) is 0 Å². The predicted octanol–water partition coefficient (Wildman–Crippen LogP) is 4.86.